The molecule has 1 heterocycles. The summed E-state index contributed by atoms with van der Waals surface area (Å²) in [4.78, 5) is 14.4. The first-order valence-electron chi connectivity index (χ1n) is 12.2. The van der Waals surface area contributed by atoms with E-state index < -0.39 is 6.10 Å². The number of aliphatic hydroxyl groups is 1. The van der Waals surface area contributed by atoms with E-state index in [2.05, 4.69) is 55.6 Å². The molecule has 1 aliphatic rings. The number of amides is 1. The number of carbonyl (C=O) groups is 1. The highest BCUT2D eigenvalue weighted by molar-refractivity contribution is 5.95. The van der Waals surface area contributed by atoms with Crippen LogP contribution < -0.4 is 10.1 Å². The van der Waals surface area contributed by atoms with Crippen LogP contribution in [0.5, 0.6) is 5.75 Å². The summed E-state index contributed by atoms with van der Waals surface area (Å²) >= 11 is 0. The number of ether oxygens (including phenoxy) is 1. The minimum atomic E-state index is -0.747. The summed E-state index contributed by atoms with van der Waals surface area (Å²) in [6, 6.07) is 21.8. The molecule has 1 atom stereocenters. The van der Waals surface area contributed by atoms with Crippen molar-refractivity contribution in [2.24, 2.45) is 0 Å². The number of nitrogens with one attached hydrogen (secondary N) is 1. The Bertz CT molecular complexity index is 1230. The van der Waals surface area contributed by atoms with Crippen LogP contribution in [-0.2, 0) is 6.42 Å². The van der Waals surface area contributed by atoms with E-state index in [1.165, 1.54) is 16.3 Å². The Hall–Kier alpha value is -3.40. The summed E-state index contributed by atoms with van der Waals surface area (Å²) in [6.07, 6.45) is 2.10. The number of fused-ring (bicyclic) bond motifs is 1. The van der Waals surface area contributed by atoms with Gasteiger partial charge < -0.3 is 20.1 Å². The number of rotatable bonds is 9. The second-order valence-electron chi connectivity index (χ2n) is 9.91. The molecule has 0 unspecified atom stereocenters. The fourth-order valence-corrected chi connectivity index (χ4v) is 4.54. The zero-order valence-electron chi connectivity index (χ0n) is 20.5. The molecule has 6 nitrogen and oxygen atoms in total. The highest BCUT2D eigenvalue weighted by atomic mass is 16.5. The number of hydrogen-bond acceptors (Lipinski definition) is 5. The van der Waals surface area contributed by atoms with Gasteiger partial charge in [0.25, 0.3) is 5.91 Å². The molecule has 0 aliphatic carbocycles. The zero-order chi connectivity index (χ0) is 24.8. The minimum absolute atomic E-state index is 0.0488. The first-order chi connectivity index (χ1) is 16.8. The smallest absolute Gasteiger partial charge is 0.253 e. The predicted molar refractivity (Wildman–Crippen MR) is 138 cm³/mol. The van der Waals surface area contributed by atoms with E-state index in [-0.39, 0.29) is 18.1 Å². The maximum Gasteiger partial charge on any atom is 0.253 e. The number of aliphatic hydroxyl groups excluding tert-OH is 1. The van der Waals surface area contributed by atoms with Gasteiger partial charge in [-0.05, 0) is 67.6 Å². The molecule has 182 valence electrons. The molecule has 6 heteroatoms. The Morgan fingerprint density at radius 1 is 1.11 bits per heavy atom. The second kappa shape index (κ2) is 10.9. The molecule has 0 bridgehead atoms. The number of hydrogen-bond donors (Lipinski definition) is 2. The van der Waals surface area contributed by atoms with Crippen molar-refractivity contribution in [3.63, 3.8) is 0 Å². The fourth-order valence-electron chi connectivity index (χ4n) is 4.54. The van der Waals surface area contributed by atoms with Crippen LogP contribution >= 0.6 is 0 Å². The normalized spacial score (nSPS) is 14.6. The van der Waals surface area contributed by atoms with Crippen LogP contribution in [0.1, 0.15) is 48.2 Å². The van der Waals surface area contributed by atoms with Crippen molar-refractivity contribution in [2.75, 3.05) is 26.2 Å². The average Bonchev–Trinajstić information content (AvgIpc) is 3.40. The molecule has 0 spiro atoms. The van der Waals surface area contributed by atoms with Crippen molar-refractivity contribution in [3.8, 4) is 11.8 Å². The predicted octanol–water partition coefficient (Wildman–Crippen LogP) is 4.30. The third kappa shape index (κ3) is 6.39. The topological polar surface area (TPSA) is 85.6 Å². The van der Waals surface area contributed by atoms with E-state index in [0.717, 1.165) is 32.4 Å². The fraction of sp³-hybridized carbons (Fsp3) is 0.379. The molecule has 0 saturated carbocycles. The van der Waals surface area contributed by atoms with Crippen molar-refractivity contribution in [3.05, 3.63) is 77.4 Å². The van der Waals surface area contributed by atoms with Gasteiger partial charge in [0.05, 0.1) is 5.56 Å². The molecule has 3 aromatic rings. The highest BCUT2D eigenvalue weighted by Gasteiger charge is 2.22. The van der Waals surface area contributed by atoms with Crippen LogP contribution in [0, 0.1) is 11.3 Å². The lowest BCUT2D eigenvalue weighted by Crippen LogP contribution is -2.46. The number of β-amino-alcohol motifs (C(OH)–C–C–N with tert-alkyl or cyclic N) is 1. The van der Waals surface area contributed by atoms with Crippen molar-refractivity contribution < 1.29 is 14.6 Å². The lowest BCUT2D eigenvalue weighted by atomic mass is 9.93. The van der Waals surface area contributed by atoms with E-state index in [9.17, 15) is 15.2 Å². The molecular formula is C29H33N3O3. The van der Waals surface area contributed by atoms with Gasteiger partial charge in [-0.25, -0.2) is 0 Å². The van der Waals surface area contributed by atoms with Crippen LogP contribution in [0.25, 0.3) is 10.8 Å². The minimum Gasteiger partial charge on any atom is -0.489 e. The molecule has 1 aliphatic heterocycles. The molecule has 4 rings (SSSR count). The van der Waals surface area contributed by atoms with Crippen LogP contribution in [0.4, 0.5) is 0 Å². The second-order valence-corrected chi connectivity index (χ2v) is 9.91. The van der Waals surface area contributed by atoms with Crippen LogP contribution in [0.3, 0.4) is 0 Å². The number of benzene rings is 3. The third-order valence-electron chi connectivity index (χ3n) is 6.45. The van der Waals surface area contributed by atoms with Gasteiger partial charge in [-0.3, -0.25) is 4.79 Å². The van der Waals surface area contributed by atoms with E-state index in [1.54, 1.807) is 18.2 Å². The van der Waals surface area contributed by atoms with Crippen molar-refractivity contribution in [2.45, 2.75) is 44.8 Å². The largest absolute Gasteiger partial charge is 0.489 e. The van der Waals surface area contributed by atoms with Gasteiger partial charge in [-0.1, -0.05) is 42.5 Å². The molecule has 1 amide bonds. The molecule has 35 heavy (non-hydrogen) atoms. The summed E-state index contributed by atoms with van der Waals surface area (Å²) in [7, 11) is 0. The Kier molecular flexibility index (Phi) is 7.70. The molecule has 0 radical (unpaired) electrons. The van der Waals surface area contributed by atoms with E-state index in [0.29, 0.717) is 23.4 Å². The summed E-state index contributed by atoms with van der Waals surface area (Å²) in [5.74, 6) is 0.323. The summed E-state index contributed by atoms with van der Waals surface area (Å²) in [5.41, 5.74) is 1.80. The highest BCUT2D eigenvalue weighted by Crippen LogP contribution is 2.22. The van der Waals surface area contributed by atoms with Crippen molar-refractivity contribution in [1.82, 2.24) is 10.2 Å². The monoisotopic (exact) mass is 471 g/mol. The molecular weight excluding hydrogens is 438 g/mol. The van der Waals surface area contributed by atoms with Gasteiger partial charge in [0.2, 0.25) is 0 Å². The number of nitriles is 1. The van der Waals surface area contributed by atoms with Crippen LogP contribution in [-0.4, -0.2) is 53.8 Å². The maximum atomic E-state index is 12.6. The van der Waals surface area contributed by atoms with Gasteiger partial charge in [0.15, 0.2) is 0 Å². The summed E-state index contributed by atoms with van der Waals surface area (Å²) in [6.45, 7) is 6.14. The van der Waals surface area contributed by atoms with E-state index in [4.69, 9.17) is 4.74 Å². The first-order valence-corrected chi connectivity index (χ1v) is 12.2. The Morgan fingerprint density at radius 2 is 1.86 bits per heavy atom. The van der Waals surface area contributed by atoms with Crippen LogP contribution in [0.2, 0.25) is 0 Å². The first kappa shape index (κ1) is 24.7. The summed E-state index contributed by atoms with van der Waals surface area (Å²) < 4.78 is 5.74. The Balaban J connectivity index is 1.29. The molecule has 3 aromatic carbocycles. The van der Waals surface area contributed by atoms with Crippen molar-refractivity contribution >= 4 is 16.7 Å². The van der Waals surface area contributed by atoms with Gasteiger partial charge >= 0.3 is 0 Å². The number of nitrogens with zero attached hydrogens (tertiary/aromatic N) is 2. The molecule has 2 N–H and O–H groups in total. The lowest BCUT2D eigenvalue weighted by Gasteiger charge is -2.28. The van der Waals surface area contributed by atoms with Crippen molar-refractivity contribution in [1.29, 1.82) is 5.26 Å². The zero-order valence-corrected chi connectivity index (χ0v) is 20.5. The van der Waals surface area contributed by atoms with E-state index in [1.807, 2.05) is 17.0 Å². The van der Waals surface area contributed by atoms with Gasteiger partial charge in [-0.2, -0.15) is 5.26 Å². The molecule has 1 fully saturated rings. The van der Waals surface area contributed by atoms with Gasteiger partial charge in [-0.15, -0.1) is 0 Å². The molecule has 0 aromatic heterocycles. The standard InChI is InChI=1S/C29H33N3O3/c1-29(2,17-21-9-10-22-7-3-4-8-23(22)15-21)31-19-26(33)20-35-27-12-11-24(16-25(27)18-30)28(34)32-13-5-6-14-32/h3-4,7-12,15-16,26,31,33H,5-6,13-14,17,19-20H2,1-2H3/t26-/m1/s1. The van der Waals surface area contributed by atoms with E-state index >= 15 is 0 Å². The number of likely N-dealkylation sites (tertiary alicyclic amines) is 1. The number of carbonyl (C=O) groups excluding carboxylic acids is 1. The van der Waals surface area contributed by atoms with Gasteiger partial charge in [0, 0.05) is 30.7 Å². The molecule has 1 saturated heterocycles. The van der Waals surface area contributed by atoms with Crippen LogP contribution in [0.15, 0.2) is 60.7 Å². The Labute approximate surface area is 207 Å². The lowest BCUT2D eigenvalue weighted by molar-refractivity contribution is 0.0792. The SMILES string of the molecule is CC(C)(Cc1ccc2ccccc2c1)NC[C@@H](O)COc1ccc(C(=O)N2CCCC2)cc1C#N. The van der Waals surface area contributed by atoms with Gasteiger partial charge in [0.1, 0.15) is 24.5 Å². The third-order valence-corrected chi connectivity index (χ3v) is 6.45. The maximum absolute atomic E-state index is 12.6. The Morgan fingerprint density at radius 3 is 2.60 bits per heavy atom. The average molecular weight is 472 g/mol. The summed E-state index contributed by atoms with van der Waals surface area (Å²) in [5, 5.41) is 25.9. The quantitative estimate of drug-likeness (QED) is 0.486.